The van der Waals surface area contributed by atoms with Gasteiger partial charge in [0.15, 0.2) is 0 Å². The van der Waals surface area contributed by atoms with Gasteiger partial charge in [0.25, 0.3) is 0 Å². The Kier molecular flexibility index (Phi) is 3.43. The number of rotatable bonds is 2. The molecular formula is C17H23N3O. The van der Waals surface area contributed by atoms with Gasteiger partial charge in [-0.15, -0.1) is 0 Å². The lowest BCUT2D eigenvalue weighted by atomic mass is 10.0. The van der Waals surface area contributed by atoms with Gasteiger partial charge in [-0.1, -0.05) is 18.2 Å². The molecule has 3 heterocycles. The molecule has 112 valence electrons. The maximum Gasteiger partial charge on any atom is 0.241 e. The zero-order chi connectivity index (χ0) is 14.2. The maximum atomic E-state index is 12.5. The van der Waals surface area contributed by atoms with E-state index in [2.05, 4.69) is 21.6 Å². The highest BCUT2D eigenvalue weighted by Crippen LogP contribution is 2.29. The van der Waals surface area contributed by atoms with E-state index in [0.717, 1.165) is 18.5 Å². The third kappa shape index (κ3) is 2.47. The number of nitrogens with one attached hydrogen (secondary N) is 2. The van der Waals surface area contributed by atoms with Crippen molar-refractivity contribution in [1.29, 1.82) is 0 Å². The van der Waals surface area contributed by atoms with Crippen molar-refractivity contribution in [3.8, 4) is 0 Å². The molecule has 4 rings (SSSR count). The number of carbonyl (C=O) groups is 1. The molecule has 3 aliphatic heterocycles. The molecule has 3 aliphatic rings. The topological polar surface area (TPSA) is 44.4 Å². The molecule has 3 atom stereocenters. The molecule has 0 aliphatic carbocycles. The Balaban J connectivity index is 1.46. The quantitative estimate of drug-likeness (QED) is 0.870. The molecule has 2 N–H and O–H groups in total. The summed E-state index contributed by atoms with van der Waals surface area (Å²) < 4.78 is 0. The summed E-state index contributed by atoms with van der Waals surface area (Å²) in [6.45, 7) is 2.43. The van der Waals surface area contributed by atoms with Crippen molar-refractivity contribution >= 4 is 11.6 Å². The molecule has 4 nitrogen and oxygen atoms in total. The van der Waals surface area contributed by atoms with E-state index in [0.29, 0.717) is 12.1 Å². The van der Waals surface area contributed by atoms with Crippen LogP contribution in [0.15, 0.2) is 24.3 Å². The van der Waals surface area contributed by atoms with Crippen LogP contribution in [0.25, 0.3) is 0 Å². The minimum Gasteiger partial charge on any atom is -0.324 e. The van der Waals surface area contributed by atoms with E-state index >= 15 is 0 Å². The van der Waals surface area contributed by atoms with Crippen LogP contribution in [0, 0.1) is 0 Å². The number of carbonyl (C=O) groups excluding carboxylic acids is 1. The summed E-state index contributed by atoms with van der Waals surface area (Å²) in [6, 6.07) is 9.25. The third-order valence-electron chi connectivity index (χ3n) is 5.32. The normalized spacial score (nSPS) is 32.4. The molecule has 21 heavy (non-hydrogen) atoms. The fraction of sp³-hybridized carbons (Fsp3) is 0.588. The smallest absolute Gasteiger partial charge is 0.241 e. The lowest BCUT2D eigenvalue weighted by molar-refractivity contribution is -0.118. The second kappa shape index (κ2) is 5.43. The van der Waals surface area contributed by atoms with Gasteiger partial charge in [-0.25, -0.2) is 0 Å². The molecule has 1 aromatic carbocycles. The predicted molar refractivity (Wildman–Crippen MR) is 83.3 cm³/mol. The number of fused-ring (bicyclic) bond motifs is 2. The van der Waals surface area contributed by atoms with Crippen molar-refractivity contribution in [2.75, 3.05) is 18.4 Å². The first-order valence-electron chi connectivity index (χ1n) is 8.20. The summed E-state index contributed by atoms with van der Waals surface area (Å²) in [7, 11) is 0. The van der Waals surface area contributed by atoms with Crippen LogP contribution in [0.4, 0.5) is 5.69 Å². The standard InChI is InChI=1S/C17H23N3O/c21-17-15(8-7-12-4-1-2-5-13(12)19-17)18-14-9-11-20-10-3-6-16(14)20/h1-2,4-5,14-16,18H,3,6-11H2,(H,19,21). The molecule has 0 saturated carbocycles. The number of amides is 1. The number of hydrogen-bond acceptors (Lipinski definition) is 3. The number of nitrogens with zero attached hydrogens (tertiary/aromatic N) is 1. The Morgan fingerprint density at radius 3 is 3.00 bits per heavy atom. The van der Waals surface area contributed by atoms with Crippen LogP contribution in [0.1, 0.15) is 31.2 Å². The number of hydrogen-bond donors (Lipinski definition) is 2. The van der Waals surface area contributed by atoms with Gasteiger partial charge in [-0.2, -0.15) is 0 Å². The van der Waals surface area contributed by atoms with Gasteiger partial charge in [0.2, 0.25) is 5.91 Å². The van der Waals surface area contributed by atoms with E-state index in [-0.39, 0.29) is 11.9 Å². The summed E-state index contributed by atoms with van der Waals surface area (Å²) in [4.78, 5) is 15.1. The molecule has 0 bridgehead atoms. The van der Waals surface area contributed by atoms with Gasteiger partial charge >= 0.3 is 0 Å². The summed E-state index contributed by atoms with van der Waals surface area (Å²) in [5, 5.41) is 6.75. The van der Waals surface area contributed by atoms with Crippen LogP contribution < -0.4 is 10.6 Å². The average Bonchev–Trinajstić information content (AvgIpc) is 3.05. The second-order valence-corrected chi connectivity index (χ2v) is 6.55. The molecule has 0 aromatic heterocycles. The van der Waals surface area contributed by atoms with E-state index in [9.17, 15) is 4.79 Å². The predicted octanol–water partition coefficient (Wildman–Crippen LogP) is 1.77. The third-order valence-corrected chi connectivity index (χ3v) is 5.32. The number of benzene rings is 1. The Bertz CT molecular complexity index is 545. The van der Waals surface area contributed by atoms with Crippen molar-refractivity contribution in [2.45, 2.75) is 50.2 Å². The zero-order valence-electron chi connectivity index (χ0n) is 12.3. The van der Waals surface area contributed by atoms with Gasteiger partial charge in [0.1, 0.15) is 0 Å². The number of anilines is 1. The van der Waals surface area contributed by atoms with E-state index in [1.807, 2.05) is 18.2 Å². The molecule has 1 amide bonds. The molecule has 3 unspecified atom stereocenters. The monoisotopic (exact) mass is 285 g/mol. The van der Waals surface area contributed by atoms with Crippen LogP contribution in [0.3, 0.4) is 0 Å². The SMILES string of the molecule is O=C1Nc2ccccc2CCC1NC1CCN2CCCC12. The second-order valence-electron chi connectivity index (χ2n) is 6.55. The van der Waals surface area contributed by atoms with Crippen LogP contribution in [0.2, 0.25) is 0 Å². The van der Waals surface area contributed by atoms with Gasteiger partial charge in [-0.05, 0) is 50.3 Å². The van der Waals surface area contributed by atoms with Gasteiger partial charge in [0.05, 0.1) is 6.04 Å². The number of aryl methyl sites for hydroxylation is 1. The lowest BCUT2D eigenvalue weighted by Gasteiger charge is -2.25. The van der Waals surface area contributed by atoms with Crippen LogP contribution in [-0.2, 0) is 11.2 Å². The van der Waals surface area contributed by atoms with Crippen LogP contribution in [-0.4, -0.2) is 42.0 Å². The highest BCUT2D eigenvalue weighted by molar-refractivity contribution is 5.96. The highest BCUT2D eigenvalue weighted by Gasteiger charge is 2.39. The molecular weight excluding hydrogens is 262 g/mol. The first-order chi connectivity index (χ1) is 10.3. The fourth-order valence-electron chi connectivity index (χ4n) is 4.21. The molecule has 1 aromatic rings. The van der Waals surface area contributed by atoms with E-state index in [1.165, 1.54) is 37.9 Å². The minimum atomic E-state index is -0.0528. The summed E-state index contributed by atoms with van der Waals surface area (Å²) in [6.07, 6.45) is 5.64. The van der Waals surface area contributed by atoms with E-state index in [1.54, 1.807) is 0 Å². The van der Waals surface area contributed by atoms with Gasteiger partial charge in [0, 0.05) is 24.3 Å². The van der Waals surface area contributed by atoms with Gasteiger partial charge < -0.3 is 10.6 Å². The molecule has 2 fully saturated rings. The van der Waals surface area contributed by atoms with Crippen LogP contribution >= 0.6 is 0 Å². The van der Waals surface area contributed by atoms with Crippen molar-refractivity contribution in [2.24, 2.45) is 0 Å². The Morgan fingerprint density at radius 2 is 2.05 bits per heavy atom. The van der Waals surface area contributed by atoms with E-state index < -0.39 is 0 Å². The lowest BCUT2D eigenvalue weighted by Crippen LogP contribution is -2.49. The Labute approximate surface area is 125 Å². The van der Waals surface area contributed by atoms with Crippen molar-refractivity contribution in [1.82, 2.24) is 10.2 Å². The molecule has 2 saturated heterocycles. The average molecular weight is 285 g/mol. The highest BCUT2D eigenvalue weighted by atomic mass is 16.2. The van der Waals surface area contributed by atoms with Crippen LogP contribution in [0.5, 0.6) is 0 Å². The molecule has 4 heteroatoms. The fourth-order valence-corrected chi connectivity index (χ4v) is 4.21. The first kappa shape index (κ1) is 13.3. The van der Waals surface area contributed by atoms with E-state index in [4.69, 9.17) is 0 Å². The van der Waals surface area contributed by atoms with Crippen molar-refractivity contribution in [3.05, 3.63) is 29.8 Å². The molecule has 0 radical (unpaired) electrons. The van der Waals surface area contributed by atoms with Crippen molar-refractivity contribution < 1.29 is 4.79 Å². The summed E-state index contributed by atoms with van der Waals surface area (Å²) in [5.41, 5.74) is 2.24. The number of para-hydroxylation sites is 1. The van der Waals surface area contributed by atoms with Crippen molar-refractivity contribution in [3.63, 3.8) is 0 Å². The Morgan fingerprint density at radius 1 is 1.14 bits per heavy atom. The first-order valence-corrected chi connectivity index (χ1v) is 8.20. The maximum absolute atomic E-state index is 12.5. The minimum absolute atomic E-state index is 0.0528. The molecule has 0 spiro atoms. The Hall–Kier alpha value is -1.39. The zero-order valence-corrected chi connectivity index (χ0v) is 12.3. The summed E-state index contributed by atoms with van der Waals surface area (Å²) in [5.74, 6) is 0.136. The largest absolute Gasteiger partial charge is 0.324 e. The van der Waals surface area contributed by atoms with Gasteiger partial charge in [-0.3, -0.25) is 9.69 Å². The summed E-state index contributed by atoms with van der Waals surface area (Å²) >= 11 is 0.